The van der Waals surface area contributed by atoms with E-state index in [1.807, 2.05) is 0 Å². The third-order valence-electron chi connectivity index (χ3n) is 3.09. The lowest BCUT2D eigenvalue weighted by Crippen LogP contribution is -2.38. The smallest absolute Gasteiger partial charge is 0.0873 e. The summed E-state index contributed by atoms with van der Waals surface area (Å²) in [6.45, 7) is 2.29. The molecule has 3 aliphatic heterocycles. The van der Waals surface area contributed by atoms with Crippen LogP contribution >= 0.6 is 0 Å². The highest BCUT2D eigenvalue weighted by Crippen LogP contribution is 2.38. The Morgan fingerprint density at radius 1 is 1.40 bits per heavy atom. The Hall–Kier alpha value is -0.120. The maximum Gasteiger partial charge on any atom is 0.0873 e. The Labute approximate surface area is 60.1 Å². The van der Waals surface area contributed by atoms with Gasteiger partial charge in [-0.2, -0.15) is 0 Å². The molecule has 0 aromatic rings. The van der Waals surface area contributed by atoms with E-state index in [1.165, 1.54) is 13.0 Å². The predicted molar refractivity (Wildman–Crippen MR) is 36.6 cm³/mol. The van der Waals surface area contributed by atoms with Crippen LogP contribution in [0.5, 0.6) is 0 Å². The van der Waals surface area contributed by atoms with Crippen molar-refractivity contribution in [2.45, 2.75) is 30.7 Å². The first-order valence-electron chi connectivity index (χ1n) is 4.01. The summed E-state index contributed by atoms with van der Waals surface area (Å²) >= 11 is 0. The number of morpholine rings is 1. The molecule has 0 aromatic carbocycles. The van der Waals surface area contributed by atoms with Crippen molar-refractivity contribution in [3.8, 4) is 0 Å². The Morgan fingerprint density at radius 2 is 2.30 bits per heavy atom. The fourth-order valence-corrected chi connectivity index (χ4v) is 2.63. The molecule has 3 fully saturated rings. The Bertz CT molecular complexity index is 156. The average molecular weight is 140 g/mol. The summed E-state index contributed by atoms with van der Waals surface area (Å²) in [4.78, 5) is 2.48. The zero-order valence-electron chi connectivity index (χ0n) is 5.86. The van der Waals surface area contributed by atoms with Crippen molar-refractivity contribution in [3.05, 3.63) is 0 Å². The van der Waals surface area contributed by atoms with E-state index in [-0.39, 0.29) is 0 Å². The van der Waals surface area contributed by atoms with Crippen LogP contribution in [-0.4, -0.2) is 42.3 Å². The molecule has 0 aromatic heterocycles. The van der Waals surface area contributed by atoms with Crippen molar-refractivity contribution >= 4 is 0 Å². The van der Waals surface area contributed by atoms with Crippen LogP contribution in [-0.2, 0) is 4.74 Å². The van der Waals surface area contributed by atoms with Crippen LogP contribution in [0.2, 0.25) is 0 Å². The van der Waals surface area contributed by atoms with E-state index in [1.54, 1.807) is 0 Å². The molecule has 0 aliphatic carbocycles. The van der Waals surface area contributed by atoms with Crippen LogP contribution < -0.4 is 5.73 Å². The van der Waals surface area contributed by atoms with Gasteiger partial charge < -0.3 is 10.5 Å². The standard InChI is InChI=1S/C7H12N2O/c8-6-5-3-9-2-1-4(10-5)7(6)9/h4-7H,1-3,8H2/t4-,5+,6+,7+/m1/s1. The summed E-state index contributed by atoms with van der Waals surface area (Å²) < 4.78 is 5.70. The maximum atomic E-state index is 5.94. The molecule has 56 valence electrons. The van der Waals surface area contributed by atoms with Crippen LogP contribution in [0.3, 0.4) is 0 Å². The van der Waals surface area contributed by atoms with Crippen molar-refractivity contribution in [1.29, 1.82) is 0 Å². The molecule has 3 nitrogen and oxygen atoms in total. The normalized spacial score (nSPS) is 58.5. The van der Waals surface area contributed by atoms with Gasteiger partial charge in [0.2, 0.25) is 0 Å². The van der Waals surface area contributed by atoms with Crippen LogP contribution in [0, 0.1) is 0 Å². The number of hydrogen-bond donors (Lipinski definition) is 1. The molecule has 0 radical (unpaired) electrons. The van der Waals surface area contributed by atoms with E-state index in [4.69, 9.17) is 10.5 Å². The fourth-order valence-electron chi connectivity index (χ4n) is 2.63. The van der Waals surface area contributed by atoms with Gasteiger partial charge in [0.15, 0.2) is 0 Å². The van der Waals surface area contributed by atoms with Gasteiger partial charge in [0, 0.05) is 13.1 Å². The first-order valence-corrected chi connectivity index (χ1v) is 4.01. The number of rotatable bonds is 0. The molecular weight excluding hydrogens is 128 g/mol. The quantitative estimate of drug-likeness (QED) is 0.477. The van der Waals surface area contributed by atoms with Crippen LogP contribution in [0.1, 0.15) is 6.42 Å². The number of ether oxygens (including phenoxy) is 1. The minimum absolute atomic E-state index is 0.312. The number of hydrogen-bond acceptors (Lipinski definition) is 3. The summed E-state index contributed by atoms with van der Waals surface area (Å²) in [6.07, 6.45) is 2.04. The SMILES string of the molecule is N[C@@H]1[C@@H]2[C@H]3CCN2C[C@@H]1O3. The Balaban J connectivity index is 2.01. The monoisotopic (exact) mass is 140 g/mol. The average Bonchev–Trinajstić information content (AvgIpc) is 2.44. The third kappa shape index (κ3) is 0.447. The van der Waals surface area contributed by atoms with Gasteiger partial charge in [-0.1, -0.05) is 0 Å². The lowest BCUT2D eigenvalue weighted by Gasteiger charge is -2.21. The van der Waals surface area contributed by atoms with Gasteiger partial charge in [0.05, 0.1) is 24.3 Å². The van der Waals surface area contributed by atoms with E-state index in [0.29, 0.717) is 24.3 Å². The molecule has 3 heterocycles. The molecule has 3 aliphatic rings. The highest BCUT2D eigenvalue weighted by Gasteiger charge is 2.55. The van der Waals surface area contributed by atoms with E-state index in [2.05, 4.69) is 4.90 Å². The molecule has 0 spiro atoms. The second-order valence-electron chi connectivity index (χ2n) is 3.56. The van der Waals surface area contributed by atoms with Crippen LogP contribution in [0.4, 0.5) is 0 Å². The van der Waals surface area contributed by atoms with E-state index < -0.39 is 0 Å². The highest BCUT2D eigenvalue weighted by molar-refractivity contribution is 5.10. The summed E-state index contributed by atoms with van der Waals surface area (Å²) in [6, 6.07) is 0.887. The first kappa shape index (κ1) is 5.52. The van der Waals surface area contributed by atoms with Gasteiger partial charge in [0.1, 0.15) is 0 Å². The van der Waals surface area contributed by atoms with Gasteiger partial charge >= 0.3 is 0 Å². The van der Waals surface area contributed by atoms with Crippen molar-refractivity contribution < 1.29 is 4.74 Å². The molecule has 2 N–H and O–H groups in total. The molecule has 10 heavy (non-hydrogen) atoms. The van der Waals surface area contributed by atoms with E-state index in [9.17, 15) is 0 Å². The van der Waals surface area contributed by atoms with Gasteiger partial charge in [0.25, 0.3) is 0 Å². The third-order valence-corrected chi connectivity index (χ3v) is 3.09. The maximum absolute atomic E-state index is 5.94. The predicted octanol–water partition coefficient (Wildman–Crippen LogP) is -0.831. The molecular formula is C7H12N2O. The summed E-state index contributed by atoms with van der Waals surface area (Å²) in [5, 5.41) is 0. The molecule has 3 saturated heterocycles. The lowest BCUT2D eigenvalue weighted by molar-refractivity contribution is 0.00885. The molecule has 3 rings (SSSR count). The molecule has 2 bridgehead atoms. The van der Waals surface area contributed by atoms with E-state index >= 15 is 0 Å². The van der Waals surface area contributed by atoms with Crippen LogP contribution in [0.15, 0.2) is 0 Å². The zero-order chi connectivity index (χ0) is 6.72. The largest absolute Gasteiger partial charge is 0.370 e. The minimum atomic E-state index is 0.312. The molecule has 0 unspecified atom stereocenters. The molecule has 4 atom stereocenters. The Morgan fingerprint density at radius 3 is 2.90 bits per heavy atom. The van der Waals surface area contributed by atoms with Gasteiger partial charge in [-0.3, -0.25) is 4.90 Å². The molecule has 3 heteroatoms. The highest BCUT2D eigenvalue weighted by atomic mass is 16.5. The zero-order valence-corrected chi connectivity index (χ0v) is 5.86. The molecule has 0 saturated carbocycles. The molecule has 0 amide bonds. The van der Waals surface area contributed by atoms with Crippen LogP contribution in [0.25, 0.3) is 0 Å². The van der Waals surface area contributed by atoms with Crippen molar-refractivity contribution in [3.63, 3.8) is 0 Å². The van der Waals surface area contributed by atoms with Crippen molar-refractivity contribution in [2.75, 3.05) is 13.1 Å². The van der Waals surface area contributed by atoms with Crippen molar-refractivity contribution in [1.82, 2.24) is 4.90 Å². The Kier molecular flexibility index (Phi) is 0.854. The minimum Gasteiger partial charge on any atom is -0.370 e. The number of fused-ring (bicyclic) bond motifs is 1. The first-order chi connectivity index (χ1) is 4.86. The summed E-state index contributed by atoms with van der Waals surface area (Å²) in [5.74, 6) is 0. The number of nitrogens with two attached hydrogens (primary N) is 1. The topological polar surface area (TPSA) is 38.5 Å². The van der Waals surface area contributed by atoms with Gasteiger partial charge in [-0.25, -0.2) is 0 Å². The summed E-state index contributed by atoms with van der Waals surface area (Å²) in [7, 11) is 0. The van der Waals surface area contributed by atoms with E-state index in [0.717, 1.165) is 6.54 Å². The fraction of sp³-hybridized carbons (Fsp3) is 1.00. The van der Waals surface area contributed by atoms with Gasteiger partial charge in [-0.15, -0.1) is 0 Å². The summed E-state index contributed by atoms with van der Waals surface area (Å²) in [5.41, 5.74) is 5.94. The van der Waals surface area contributed by atoms with Crippen molar-refractivity contribution in [2.24, 2.45) is 5.73 Å². The van der Waals surface area contributed by atoms with Gasteiger partial charge in [-0.05, 0) is 6.42 Å². The second kappa shape index (κ2) is 1.55. The number of nitrogens with zero attached hydrogens (tertiary/aromatic N) is 1. The second-order valence-corrected chi connectivity index (χ2v) is 3.56. The lowest BCUT2D eigenvalue weighted by atomic mass is 10.1.